The van der Waals surface area contributed by atoms with E-state index in [0.29, 0.717) is 95.1 Å². The number of nitrogens with one attached hydrogen (secondary N) is 3. The number of halogens is 3. The molecule has 4 aliphatic carbocycles. The van der Waals surface area contributed by atoms with Gasteiger partial charge >= 0.3 is 41.2 Å². The largest absolute Gasteiger partial charge is 0.393 e. The molecule has 0 bridgehead atoms. The molecule has 52 heteroatoms. The number of hydrogen-bond acceptors (Lipinski definition) is 40. The maximum Gasteiger partial charge on any atom is 0.333 e. The lowest BCUT2D eigenvalue weighted by atomic mass is 9.90. The van der Waals surface area contributed by atoms with E-state index in [1.165, 1.54) is 108 Å². The second-order valence-electron chi connectivity index (χ2n) is 34.9. The van der Waals surface area contributed by atoms with Crippen LogP contribution in [-0.4, -0.2) is 244 Å². The average molecular weight is 2240 g/mol. The molecule has 2 aliphatic heterocycles. The Labute approximate surface area is 850 Å². The van der Waals surface area contributed by atoms with Gasteiger partial charge in [0.05, 0.1) is 122 Å². The van der Waals surface area contributed by atoms with Crippen LogP contribution >= 0.6 is 88.8 Å². The number of aryl methyl sites for hydroxylation is 1. The molecule has 16 N–H and O–H groups in total. The number of Topliss-reactive ketones (excluding diaryl/α,β-unsaturated/α-hetero) is 1. The Kier molecular flexibility index (Phi) is 36.6. The van der Waals surface area contributed by atoms with Gasteiger partial charge in [-0.2, -0.15) is 33.7 Å². The maximum atomic E-state index is 13.7. The fourth-order valence-corrected chi connectivity index (χ4v) is 24.3. The highest BCUT2D eigenvalue weighted by molar-refractivity contribution is 9.10. The SMILES string of the molecule is CC(=O)c1cc(C(=O)c2cncnc2N[C@@H]2C[C@H](COS(N)(=O)=O)[C@@H](O)C2)sc1Cl.Cc1sc(C(=O)c2cncnc2N[C@@H]2C[C@H](COS(N)(=O)=O)[C@@H](O)[C@H]2O)cc1C1NCCc2ccc(Br)cc21.NS(=O)(=O)OC[C@H]1C[C@@H](Cc2ncncc2C(=O)c2cc(CN3CCN(c4ccccc4)CC3)cs2)C[C@@H]1O.NS(=O)(=O)OC[C@H]1C[C@@H](Cc2ncncc2C(=O)c2cc(Cn3cnc(Br)c3)cs2)C[C@@H]1O. The van der Waals surface area contributed by atoms with Crippen molar-refractivity contribution in [1.82, 2.24) is 59.6 Å². The molecule has 0 spiro atoms. The van der Waals surface area contributed by atoms with Gasteiger partial charge in [0.25, 0.3) is 0 Å². The van der Waals surface area contributed by atoms with Crippen LogP contribution in [0.4, 0.5) is 17.3 Å². The summed E-state index contributed by atoms with van der Waals surface area (Å²) in [4.78, 5) is 110. The number of thiophene rings is 4. The summed E-state index contributed by atoms with van der Waals surface area (Å²) in [6.07, 6.45) is 14.8. The third kappa shape index (κ3) is 29.7. The van der Waals surface area contributed by atoms with Gasteiger partial charge in [-0.1, -0.05) is 51.8 Å². The van der Waals surface area contributed by atoms with Crippen molar-refractivity contribution in [3.05, 3.63) is 251 Å². The highest BCUT2D eigenvalue weighted by Gasteiger charge is 2.44. The number of nitrogens with zero attached hydrogens (tertiary/aromatic N) is 12. The molecule has 14 atom stereocenters. The number of aromatic nitrogens is 10. The smallest absolute Gasteiger partial charge is 0.333 e. The highest BCUT2D eigenvalue weighted by Crippen LogP contribution is 2.42. The summed E-state index contributed by atoms with van der Waals surface area (Å²) in [5.74, 6) is -2.49. The number of hydrogen-bond donors (Lipinski definition) is 12. The Hall–Kier alpha value is -9.03. The van der Waals surface area contributed by atoms with Crippen molar-refractivity contribution in [1.29, 1.82) is 0 Å². The van der Waals surface area contributed by atoms with Gasteiger partial charge < -0.3 is 51.0 Å². The molecular formula is C89H102Br2ClN19O22S8. The third-order valence-electron chi connectivity index (χ3n) is 24.9. The zero-order valence-corrected chi connectivity index (χ0v) is 86.0. The van der Waals surface area contributed by atoms with E-state index >= 15 is 0 Å². The van der Waals surface area contributed by atoms with Crippen LogP contribution in [0.1, 0.15) is 173 Å². The zero-order chi connectivity index (χ0) is 101. The first-order valence-corrected chi connectivity index (χ1v) is 55.5. The number of carbonyl (C=O) groups excluding carboxylic acids is 5. The van der Waals surface area contributed by atoms with E-state index in [1.54, 1.807) is 12.5 Å². The summed E-state index contributed by atoms with van der Waals surface area (Å²) in [7, 11) is -16.4. The molecule has 41 nitrogen and oxygen atoms in total. The zero-order valence-electron chi connectivity index (χ0n) is 75.5. The average Bonchev–Trinajstić information content (AvgIpc) is 1.67. The molecule has 1 saturated heterocycles. The van der Waals surface area contributed by atoms with Gasteiger partial charge in [0.15, 0.2) is 5.78 Å². The van der Waals surface area contributed by atoms with Crippen LogP contribution in [-0.2, 0) is 90.3 Å². The molecule has 5 fully saturated rings. The molecule has 4 saturated carbocycles. The normalized spacial score (nSPS) is 22.5. The lowest BCUT2D eigenvalue weighted by molar-refractivity contribution is 0.00778. The van der Waals surface area contributed by atoms with Crippen molar-refractivity contribution in [3.63, 3.8) is 0 Å². The van der Waals surface area contributed by atoms with Crippen molar-refractivity contribution < 1.29 is 99.9 Å². The fraction of sp³-hybridized carbons (Fsp3) is 0.416. The predicted molar refractivity (Wildman–Crippen MR) is 531 cm³/mol. The molecule has 2 aromatic carbocycles. The lowest BCUT2D eigenvalue weighted by Gasteiger charge is -2.36. The number of para-hydroxylation sites is 1. The number of anilines is 3. The number of nitrogens with two attached hydrogens (primary N) is 4. The van der Waals surface area contributed by atoms with E-state index in [-0.39, 0.29) is 129 Å². The van der Waals surface area contributed by atoms with E-state index < -0.39 is 95.4 Å². The second kappa shape index (κ2) is 47.9. The van der Waals surface area contributed by atoms with Gasteiger partial charge in [0.2, 0.25) is 23.1 Å². The van der Waals surface area contributed by atoms with Gasteiger partial charge in [-0.3, -0.25) is 45.6 Å². The van der Waals surface area contributed by atoms with Crippen LogP contribution in [0.5, 0.6) is 0 Å². The summed E-state index contributed by atoms with van der Waals surface area (Å²) in [5, 5.41) is 85.0. The topological polar surface area (TPSA) is 628 Å². The predicted octanol–water partition coefficient (Wildman–Crippen LogP) is 7.38. The Morgan fingerprint density at radius 3 is 1.53 bits per heavy atom. The first-order chi connectivity index (χ1) is 67.0. The minimum absolute atomic E-state index is 0.0223. The molecule has 754 valence electrons. The molecule has 17 rings (SSSR count). The summed E-state index contributed by atoms with van der Waals surface area (Å²) < 4.78 is 111. The molecule has 1 unspecified atom stereocenters. The van der Waals surface area contributed by atoms with Crippen LogP contribution in [0, 0.1) is 42.4 Å². The number of imidazole rings is 1. The maximum absolute atomic E-state index is 13.7. The molecule has 0 amide bonds. The van der Waals surface area contributed by atoms with Crippen molar-refractivity contribution >= 4 is 176 Å². The number of carbonyl (C=O) groups is 5. The number of fused-ring (bicyclic) bond motifs is 1. The van der Waals surface area contributed by atoms with Gasteiger partial charge in [-0.15, -0.1) is 45.3 Å². The standard InChI is InChI=1S/C27H33N5O5S2.C25H28BrN5O6S2.C20H22BrN5O5S2.C17H19ClN4O6S2/c28-39(35,36)37-16-21-10-19(12-25(21)33)11-24-23(14-29-18-30-24)27(34)26-13-20(17-38-26)15-31-6-8-32(9-7-31)22-4-2-1-3-5-22;1-12-16(21-17-7-15(26)3-2-13(17)4-5-29-21)8-20(38-12)23(33)18-9-28-11-30-25(18)31-19-6-14(22(32)24(19)34)10-37-39(27,35)36;21-19-7-26(11-25-19)6-13-4-18(32-9-13)20(28)15-5-23-10-24-16(15)2-12-1-14(17(27)3-12)8-31-33(22,29)30;1-8(23)11-4-14(29-16(11)18)15(25)12-5-20-7-21-17(12)22-10-2-9(13(24)3-10)6-28-30(19,26)27/h1-5,13-14,17-19,21,25,33H,6-12,15-16H2,(H2,28,35,36);2-3,7-9,11,14,19,21-22,24,29,32,34H,4-6,10H2,1H3,(H2,27,35,36)(H,28,30,31);4-5,7,9-12,14,17,27H,1-3,6,8H2,(H2,22,29,30);4-5,7,9-10,13,24H,2-3,6H2,1H3,(H2,19,26,27)(H,20,21,22)/t19-,21+,25-;14-,19-,21?,22-,24+;12-,14+,17-;9-,10-,13+/m0101/s1. The van der Waals surface area contributed by atoms with Crippen molar-refractivity contribution in [3.8, 4) is 0 Å². The van der Waals surface area contributed by atoms with Crippen LogP contribution in [0.2, 0.25) is 4.34 Å². The summed E-state index contributed by atoms with van der Waals surface area (Å²) >= 11 is 18.1. The van der Waals surface area contributed by atoms with Crippen LogP contribution in [0.25, 0.3) is 0 Å². The van der Waals surface area contributed by atoms with E-state index in [2.05, 4.69) is 151 Å². The Balaban J connectivity index is 0.000000150. The number of rotatable bonds is 35. The minimum Gasteiger partial charge on any atom is -0.393 e. The fourth-order valence-electron chi connectivity index (χ4n) is 18.0. The summed E-state index contributed by atoms with van der Waals surface area (Å²) in [6, 6.07) is 22.9. The Bertz CT molecular complexity index is 6790. The molecular weight excluding hydrogens is 2140 g/mol. The van der Waals surface area contributed by atoms with Crippen molar-refractivity contribution in [2.45, 2.75) is 140 Å². The Morgan fingerprint density at radius 2 is 1.01 bits per heavy atom. The van der Waals surface area contributed by atoms with Crippen LogP contribution < -0.4 is 41.4 Å². The Morgan fingerprint density at radius 1 is 0.525 bits per heavy atom. The number of benzene rings is 2. The van der Waals surface area contributed by atoms with Crippen molar-refractivity contribution in [2.24, 2.45) is 56.1 Å². The monoisotopic (exact) mass is 2240 g/mol. The first kappa shape index (κ1) is 108. The number of aliphatic hydroxyl groups is 5. The third-order valence-corrected chi connectivity index (χ3v) is 32.1. The van der Waals surface area contributed by atoms with Crippen molar-refractivity contribution in [2.75, 3.05) is 74.7 Å². The van der Waals surface area contributed by atoms with Gasteiger partial charge in [0, 0.05) is 127 Å². The quantitative estimate of drug-likeness (QED) is 0.0172. The van der Waals surface area contributed by atoms with Crippen LogP contribution in [0.15, 0.2) is 155 Å². The molecule has 141 heavy (non-hydrogen) atoms. The second-order valence-corrected chi connectivity index (χ2v) is 46.3. The molecule has 11 aromatic rings. The van der Waals surface area contributed by atoms with E-state index in [9.17, 15) is 83.2 Å². The number of aliphatic hydroxyl groups excluding tert-OH is 5. The molecule has 0 radical (unpaired) electrons. The summed E-state index contributed by atoms with van der Waals surface area (Å²) in [5.41, 5.74) is 9.63. The van der Waals surface area contributed by atoms with E-state index in [0.717, 1.165) is 87.7 Å². The van der Waals surface area contributed by atoms with Gasteiger partial charge in [-0.05, 0) is 193 Å². The molecule has 6 aliphatic rings. The van der Waals surface area contributed by atoms with Gasteiger partial charge in [0.1, 0.15) is 52.0 Å². The first-order valence-electron chi connectivity index (χ1n) is 44.2. The minimum atomic E-state index is -4.19. The van der Waals surface area contributed by atoms with E-state index in [1.807, 2.05) is 58.8 Å². The highest BCUT2D eigenvalue weighted by atomic mass is 79.9. The number of ketones is 5. The lowest BCUT2D eigenvalue weighted by Crippen LogP contribution is -2.45. The summed E-state index contributed by atoms with van der Waals surface area (Å²) in [6.45, 7) is 8.49. The van der Waals surface area contributed by atoms with E-state index in [4.69, 9.17) is 36.3 Å². The number of piperazine rings is 1. The molecule has 11 heterocycles. The van der Waals surface area contributed by atoms with Crippen LogP contribution in [0.3, 0.4) is 0 Å². The van der Waals surface area contributed by atoms with Gasteiger partial charge in [-0.25, -0.2) is 65.4 Å². The molecule has 9 aromatic heterocycles.